The lowest BCUT2D eigenvalue weighted by Gasteiger charge is -2.12. The molecule has 1 aromatic heterocycles. The molecule has 0 aliphatic carbocycles. The third kappa shape index (κ3) is 2.77. The summed E-state index contributed by atoms with van der Waals surface area (Å²) in [7, 11) is 0. The molecular weight excluding hydrogens is 415 g/mol. The molecule has 3 aromatic rings. The molecule has 0 saturated heterocycles. The molecule has 5 heteroatoms. The molecule has 2 nitrogen and oxygen atoms in total. The summed E-state index contributed by atoms with van der Waals surface area (Å²) in [5.41, 5.74) is 4.35. The maximum Gasteiger partial charge on any atom is 0.115 e. The first-order chi connectivity index (χ1) is 10.1. The first kappa shape index (κ1) is 15.1. The number of aryl methyl sites for hydroxylation is 2. The van der Waals surface area contributed by atoms with Gasteiger partial charge in [0.2, 0.25) is 0 Å². The Morgan fingerprint density at radius 1 is 1.19 bits per heavy atom. The second-order valence-corrected chi connectivity index (χ2v) is 6.93. The van der Waals surface area contributed by atoms with Gasteiger partial charge in [-0.3, -0.25) is 4.57 Å². The molecule has 0 radical (unpaired) electrons. The fourth-order valence-electron chi connectivity index (χ4n) is 2.42. The van der Waals surface area contributed by atoms with Crippen molar-refractivity contribution in [3.63, 3.8) is 0 Å². The summed E-state index contributed by atoms with van der Waals surface area (Å²) in [4.78, 5) is 4.73. The second-order valence-electron chi connectivity index (χ2n) is 4.84. The third-order valence-corrected chi connectivity index (χ3v) is 5.13. The summed E-state index contributed by atoms with van der Waals surface area (Å²) in [6.45, 7) is 2.09. The number of imidazole rings is 1. The number of hydrogen-bond acceptors (Lipinski definition) is 1. The average molecular weight is 429 g/mol. The van der Waals surface area contributed by atoms with Gasteiger partial charge in [-0.2, -0.15) is 0 Å². The lowest BCUT2D eigenvalue weighted by atomic mass is 10.2. The molecule has 21 heavy (non-hydrogen) atoms. The highest BCUT2D eigenvalue weighted by Crippen LogP contribution is 2.31. The third-order valence-electron chi connectivity index (χ3n) is 3.42. The SMILES string of the molecule is Cc1cccc(-n2c(CCCl)nc3ccc(Br)cc32)c1Br. The van der Waals surface area contributed by atoms with Crippen LogP contribution in [0.25, 0.3) is 16.7 Å². The van der Waals surface area contributed by atoms with Gasteiger partial charge in [-0.1, -0.05) is 28.1 Å². The minimum Gasteiger partial charge on any atom is -0.295 e. The van der Waals surface area contributed by atoms with Crippen molar-refractivity contribution in [3.05, 3.63) is 56.7 Å². The quantitative estimate of drug-likeness (QED) is 0.494. The van der Waals surface area contributed by atoms with Gasteiger partial charge in [0.1, 0.15) is 5.82 Å². The topological polar surface area (TPSA) is 17.8 Å². The van der Waals surface area contributed by atoms with E-state index in [9.17, 15) is 0 Å². The zero-order chi connectivity index (χ0) is 15.0. The van der Waals surface area contributed by atoms with Crippen molar-refractivity contribution in [1.29, 1.82) is 0 Å². The van der Waals surface area contributed by atoms with Crippen LogP contribution in [0.1, 0.15) is 11.4 Å². The van der Waals surface area contributed by atoms with Gasteiger partial charge in [0.25, 0.3) is 0 Å². The molecule has 0 amide bonds. The number of hydrogen-bond donors (Lipinski definition) is 0. The van der Waals surface area contributed by atoms with Crippen LogP contribution in [-0.4, -0.2) is 15.4 Å². The largest absolute Gasteiger partial charge is 0.295 e. The van der Waals surface area contributed by atoms with E-state index in [-0.39, 0.29) is 0 Å². The molecule has 0 aliphatic heterocycles. The number of fused-ring (bicyclic) bond motifs is 1. The lowest BCUT2D eigenvalue weighted by molar-refractivity contribution is 0.908. The summed E-state index contributed by atoms with van der Waals surface area (Å²) in [5.74, 6) is 1.53. The normalized spacial score (nSPS) is 11.2. The summed E-state index contributed by atoms with van der Waals surface area (Å²) in [6.07, 6.45) is 0.730. The Hall–Kier alpha value is -0.840. The van der Waals surface area contributed by atoms with E-state index in [2.05, 4.69) is 67.6 Å². The molecule has 0 atom stereocenters. The van der Waals surface area contributed by atoms with E-state index in [1.807, 2.05) is 12.1 Å². The van der Waals surface area contributed by atoms with Crippen LogP contribution < -0.4 is 0 Å². The highest BCUT2D eigenvalue weighted by Gasteiger charge is 2.15. The number of rotatable bonds is 3. The minimum absolute atomic E-state index is 0.550. The van der Waals surface area contributed by atoms with Gasteiger partial charge < -0.3 is 0 Å². The molecule has 0 saturated carbocycles. The van der Waals surface area contributed by atoms with E-state index in [1.54, 1.807) is 0 Å². The van der Waals surface area contributed by atoms with Crippen molar-refractivity contribution >= 4 is 54.5 Å². The van der Waals surface area contributed by atoms with Gasteiger partial charge in [-0.15, -0.1) is 11.6 Å². The van der Waals surface area contributed by atoms with Crippen LogP contribution in [0, 0.1) is 6.92 Å². The van der Waals surface area contributed by atoms with Gasteiger partial charge in [-0.25, -0.2) is 4.98 Å². The lowest BCUT2D eigenvalue weighted by Crippen LogP contribution is -2.03. The van der Waals surface area contributed by atoms with Gasteiger partial charge >= 0.3 is 0 Å². The van der Waals surface area contributed by atoms with Crippen LogP contribution in [0.5, 0.6) is 0 Å². The molecular formula is C16H13Br2ClN2. The van der Waals surface area contributed by atoms with Crippen LogP contribution in [0.2, 0.25) is 0 Å². The summed E-state index contributed by atoms with van der Waals surface area (Å²) in [5, 5.41) is 0. The van der Waals surface area contributed by atoms with Crippen LogP contribution in [-0.2, 0) is 6.42 Å². The molecule has 108 valence electrons. The minimum atomic E-state index is 0.550. The fourth-order valence-corrected chi connectivity index (χ4v) is 3.38. The Balaban J connectivity index is 2.35. The Morgan fingerprint density at radius 2 is 2.00 bits per heavy atom. The van der Waals surface area contributed by atoms with Crippen LogP contribution in [0.3, 0.4) is 0 Å². The van der Waals surface area contributed by atoms with Crippen LogP contribution >= 0.6 is 43.5 Å². The van der Waals surface area contributed by atoms with Gasteiger partial charge in [0.15, 0.2) is 0 Å². The van der Waals surface area contributed by atoms with E-state index < -0.39 is 0 Å². The van der Waals surface area contributed by atoms with Gasteiger partial charge in [0, 0.05) is 21.2 Å². The smallest absolute Gasteiger partial charge is 0.115 e. The number of alkyl halides is 1. The Labute approximate surface area is 145 Å². The standard InChI is InChI=1S/C16H13Br2ClN2/c1-10-3-2-4-13(16(10)18)21-14-9-11(17)5-6-12(14)20-15(21)7-8-19/h2-6,9H,7-8H2,1H3. The maximum atomic E-state index is 5.95. The first-order valence-electron chi connectivity index (χ1n) is 6.60. The highest BCUT2D eigenvalue weighted by atomic mass is 79.9. The molecule has 0 fully saturated rings. The van der Waals surface area contributed by atoms with Crippen molar-refractivity contribution < 1.29 is 0 Å². The molecule has 1 heterocycles. The summed E-state index contributed by atoms with van der Waals surface area (Å²) < 4.78 is 4.30. The highest BCUT2D eigenvalue weighted by molar-refractivity contribution is 9.10. The first-order valence-corrected chi connectivity index (χ1v) is 8.72. The van der Waals surface area contributed by atoms with E-state index in [0.717, 1.165) is 37.9 Å². The number of aromatic nitrogens is 2. The van der Waals surface area contributed by atoms with Gasteiger partial charge in [-0.05, 0) is 52.7 Å². The zero-order valence-corrected chi connectivity index (χ0v) is 15.3. The maximum absolute atomic E-state index is 5.95. The monoisotopic (exact) mass is 426 g/mol. The van der Waals surface area contributed by atoms with Crippen molar-refractivity contribution in [2.45, 2.75) is 13.3 Å². The predicted molar refractivity (Wildman–Crippen MR) is 95.6 cm³/mol. The average Bonchev–Trinajstić information content (AvgIpc) is 2.80. The van der Waals surface area contributed by atoms with Crippen molar-refractivity contribution in [2.24, 2.45) is 0 Å². The number of benzene rings is 2. The second kappa shape index (κ2) is 6.11. The summed E-state index contributed by atoms with van der Waals surface area (Å²) in [6, 6.07) is 12.4. The van der Waals surface area contributed by atoms with E-state index in [1.165, 1.54) is 5.56 Å². The molecule has 0 aliphatic rings. The Bertz CT molecular complexity index is 811. The van der Waals surface area contributed by atoms with Crippen molar-refractivity contribution in [2.75, 3.05) is 5.88 Å². The van der Waals surface area contributed by atoms with Crippen LogP contribution in [0.4, 0.5) is 0 Å². The van der Waals surface area contributed by atoms with Crippen LogP contribution in [0.15, 0.2) is 45.3 Å². The summed E-state index contributed by atoms with van der Waals surface area (Å²) >= 11 is 13.2. The molecule has 0 N–H and O–H groups in total. The van der Waals surface area contributed by atoms with Gasteiger partial charge in [0.05, 0.1) is 16.7 Å². The Morgan fingerprint density at radius 3 is 2.76 bits per heavy atom. The molecule has 2 aromatic carbocycles. The molecule has 0 unspecified atom stereocenters. The molecule has 0 bridgehead atoms. The number of nitrogens with zero attached hydrogens (tertiary/aromatic N) is 2. The van der Waals surface area contributed by atoms with E-state index >= 15 is 0 Å². The predicted octanol–water partition coefficient (Wildman–Crippen LogP) is 5.64. The number of halogens is 3. The molecule has 0 spiro atoms. The van der Waals surface area contributed by atoms with E-state index in [0.29, 0.717) is 5.88 Å². The Kier molecular flexibility index (Phi) is 4.38. The van der Waals surface area contributed by atoms with E-state index in [4.69, 9.17) is 16.6 Å². The van der Waals surface area contributed by atoms with Crippen molar-refractivity contribution in [3.8, 4) is 5.69 Å². The zero-order valence-electron chi connectivity index (χ0n) is 11.4. The molecule has 3 rings (SSSR count). The van der Waals surface area contributed by atoms with Crippen molar-refractivity contribution in [1.82, 2.24) is 9.55 Å². The fraction of sp³-hybridized carbons (Fsp3) is 0.188.